The molecular formula is C17H17N5O3. The van der Waals surface area contributed by atoms with Crippen LogP contribution in [0.3, 0.4) is 0 Å². The Kier molecular flexibility index (Phi) is 3.93. The van der Waals surface area contributed by atoms with E-state index >= 15 is 0 Å². The van der Waals surface area contributed by atoms with Crippen molar-refractivity contribution in [3.8, 4) is 11.4 Å². The fraction of sp³-hybridized carbons (Fsp3) is 0.294. The van der Waals surface area contributed by atoms with Gasteiger partial charge in [-0.2, -0.15) is 4.68 Å². The van der Waals surface area contributed by atoms with Crippen LogP contribution in [0.15, 0.2) is 47.3 Å². The minimum Gasteiger partial charge on any atom is -0.494 e. The van der Waals surface area contributed by atoms with E-state index in [9.17, 15) is 4.79 Å². The number of amides is 1. The van der Waals surface area contributed by atoms with Crippen molar-refractivity contribution in [3.63, 3.8) is 0 Å². The van der Waals surface area contributed by atoms with Crippen molar-refractivity contribution in [2.24, 2.45) is 0 Å². The van der Waals surface area contributed by atoms with E-state index in [0.717, 1.165) is 18.6 Å². The van der Waals surface area contributed by atoms with Gasteiger partial charge >= 0.3 is 0 Å². The van der Waals surface area contributed by atoms with Crippen molar-refractivity contribution in [1.29, 1.82) is 0 Å². The topological polar surface area (TPSA) is 86.3 Å². The van der Waals surface area contributed by atoms with Crippen LogP contribution < -0.4 is 4.74 Å². The minimum absolute atomic E-state index is 0.0268. The SMILES string of the molecule is COc1ccc(C(=O)N2CCCC2c2ccco2)cc1-n1cnnn1. The molecule has 1 atom stereocenters. The van der Waals surface area contributed by atoms with E-state index in [1.54, 1.807) is 31.6 Å². The number of methoxy groups -OCH3 is 1. The normalized spacial score (nSPS) is 17.0. The van der Waals surface area contributed by atoms with Crippen LogP contribution in [-0.4, -0.2) is 44.7 Å². The van der Waals surface area contributed by atoms with Gasteiger partial charge in [-0.15, -0.1) is 5.10 Å². The van der Waals surface area contributed by atoms with Gasteiger partial charge in [0.05, 0.1) is 19.4 Å². The molecule has 0 aliphatic carbocycles. The number of hydrogen-bond donors (Lipinski definition) is 0. The summed E-state index contributed by atoms with van der Waals surface area (Å²) in [5.74, 6) is 1.36. The molecule has 128 valence electrons. The standard InChI is InChI=1S/C17H17N5O3/c1-24-15-7-6-12(10-14(15)22-11-18-19-20-22)17(23)21-8-2-4-13(21)16-5-3-9-25-16/h3,5-7,9-11,13H,2,4,8H2,1H3. The second kappa shape index (κ2) is 6.39. The van der Waals surface area contributed by atoms with Crippen LogP contribution in [0.2, 0.25) is 0 Å². The van der Waals surface area contributed by atoms with Crippen molar-refractivity contribution in [1.82, 2.24) is 25.1 Å². The number of rotatable bonds is 4. The Balaban J connectivity index is 1.67. The summed E-state index contributed by atoms with van der Waals surface area (Å²) >= 11 is 0. The summed E-state index contributed by atoms with van der Waals surface area (Å²) in [7, 11) is 1.57. The molecule has 8 nitrogen and oxygen atoms in total. The largest absolute Gasteiger partial charge is 0.494 e. The molecule has 1 unspecified atom stereocenters. The average Bonchev–Trinajstić information content (AvgIpc) is 3.42. The number of ether oxygens (including phenoxy) is 1. The number of nitrogens with zero attached hydrogens (tertiary/aromatic N) is 5. The molecule has 1 aliphatic rings. The van der Waals surface area contributed by atoms with E-state index in [1.807, 2.05) is 17.0 Å². The fourth-order valence-corrected chi connectivity index (χ4v) is 3.23. The number of carbonyl (C=O) groups is 1. The summed E-state index contributed by atoms with van der Waals surface area (Å²) in [6.45, 7) is 0.705. The Morgan fingerprint density at radius 1 is 1.36 bits per heavy atom. The second-order valence-electron chi connectivity index (χ2n) is 5.81. The van der Waals surface area contributed by atoms with Crippen molar-refractivity contribution in [2.75, 3.05) is 13.7 Å². The predicted molar refractivity (Wildman–Crippen MR) is 87.4 cm³/mol. The van der Waals surface area contributed by atoms with Crippen molar-refractivity contribution >= 4 is 5.91 Å². The number of aromatic nitrogens is 4. The molecule has 3 aromatic rings. The maximum absolute atomic E-state index is 13.1. The molecule has 1 fully saturated rings. The van der Waals surface area contributed by atoms with Crippen molar-refractivity contribution < 1.29 is 13.9 Å². The molecule has 0 spiro atoms. The average molecular weight is 339 g/mol. The minimum atomic E-state index is -0.0455. The molecular weight excluding hydrogens is 322 g/mol. The second-order valence-corrected chi connectivity index (χ2v) is 5.81. The lowest BCUT2D eigenvalue weighted by Gasteiger charge is -2.23. The van der Waals surface area contributed by atoms with Crippen LogP contribution in [0.25, 0.3) is 5.69 Å². The van der Waals surface area contributed by atoms with E-state index in [-0.39, 0.29) is 11.9 Å². The number of benzene rings is 1. The first kappa shape index (κ1) is 15.4. The Morgan fingerprint density at radius 2 is 2.28 bits per heavy atom. The highest BCUT2D eigenvalue weighted by Gasteiger charge is 2.32. The van der Waals surface area contributed by atoms with Crippen molar-refractivity contribution in [2.45, 2.75) is 18.9 Å². The number of tetrazole rings is 1. The Labute approximate surface area is 144 Å². The highest BCUT2D eigenvalue weighted by molar-refractivity contribution is 5.95. The van der Waals surface area contributed by atoms with E-state index in [0.29, 0.717) is 23.5 Å². The number of carbonyl (C=O) groups excluding carboxylic acids is 1. The Hall–Kier alpha value is -3.16. The maximum atomic E-state index is 13.1. The first-order valence-electron chi connectivity index (χ1n) is 8.03. The van der Waals surface area contributed by atoms with Crippen LogP contribution in [-0.2, 0) is 0 Å². The summed E-state index contributed by atoms with van der Waals surface area (Å²) < 4.78 is 12.3. The van der Waals surface area contributed by atoms with Gasteiger partial charge in [0.15, 0.2) is 0 Å². The molecule has 1 aromatic carbocycles. The fourth-order valence-electron chi connectivity index (χ4n) is 3.23. The van der Waals surface area contributed by atoms with Gasteiger partial charge in [-0.25, -0.2) is 0 Å². The first-order valence-corrected chi connectivity index (χ1v) is 8.03. The van der Waals surface area contributed by atoms with Crippen LogP contribution in [0.5, 0.6) is 5.75 Å². The molecule has 0 N–H and O–H groups in total. The van der Waals surface area contributed by atoms with Gasteiger partial charge in [-0.1, -0.05) is 0 Å². The molecule has 1 amide bonds. The maximum Gasteiger partial charge on any atom is 0.254 e. The summed E-state index contributed by atoms with van der Waals surface area (Å²) in [4.78, 5) is 14.9. The third-order valence-corrected chi connectivity index (χ3v) is 4.41. The predicted octanol–water partition coefficient (Wildman–Crippen LogP) is 2.24. The summed E-state index contributed by atoms with van der Waals surface area (Å²) in [6.07, 6.45) is 4.95. The number of hydrogen-bond acceptors (Lipinski definition) is 6. The molecule has 1 saturated heterocycles. The lowest BCUT2D eigenvalue weighted by molar-refractivity contribution is 0.0720. The molecule has 0 saturated carbocycles. The molecule has 25 heavy (non-hydrogen) atoms. The van der Waals surface area contributed by atoms with Gasteiger partial charge in [-0.3, -0.25) is 4.79 Å². The van der Waals surface area contributed by atoms with E-state index in [2.05, 4.69) is 15.5 Å². The van der Waals surface area contributed by atoms with Crippen LogP contribution in [0, 0.1) is 0 Å². The molecule has 4 rings (SSSR count). The lowest BCUT2D eigenvalue weighted by atomic mass is 10.1. The number of furan rings is 1. The van der Waals surface area contributed by atoms with Gasteiger partial charge < -0.3 is 14.1 Å². The third kappa shape index (κ3) is 2.75. The highest BCUT2D eigenvalue weighted by Crippen LogP contribution is 2.34. The quantitative estimate of drug-likeness (QED) is 0.724. The van der Waals surface area contributed by atoms with Gasteiger partial charge in [0.25, 0.3) is 5.91 Å². The molecule has 3 heterocycles. The van der Waals surface area contributed by atoms with E-state index in [1.165, 1.54) is 11.0 Å². The third-order valence-electron chi connectivity index (χ3n) is 4.41. The summed E-state index contributed by atoms with van der Waals surface area (Å²) in [5, 5.41) is 11.2. The monoisotopic (exact) mass is 339 g/mol. The zero-order valence-corrected chi connectivity index (χ0v) is 13.7. The van der Waals surface area contributed by atoms with Crippen LogP contribution >= 0.6 is 0 Å². The first-order chi connectivity index (χ1) is 12.3. The zero-order chi connectivity index (χ0) is 17.2. The molecule has 0 radical (unpaired) electrons. The van der Waals surface area contributed by atoms with Gasteiger partial charge in [0.1, 0.15) is 23.5 Å². The van der Waals surface area contributed by atoms with Crippen LogP contribution in [0.1, 0.15) is 35.0 Å². The van der Waals surface area contributed by atoms with E-state index < -0.39 is 0 Å². The van der Waals surface area contributed by atoms with Crippen molar-refractivity contribution in [3.05, 3.63) is 54.2 Å². The van der Waals surface area contributed by atoms with E-state index in [4.69, 9.17) is 9.15 Å². The Bertz CT molecular complexity index is 861. The molecule has 1 aliphatic heterocycles. The van der Waals surface area contributed by atoms with Gasteiger partial charge in [-0.05, 0) is 53.6 Å². The Morgan fingerprint density at radius 3 is 3.00 bits per heavy atom. The summed E-state index contributed by atoms with van der Waals surface area (Å²) in [5.41, 5.74) is 1.18. The lowest BCUT2D eigenvalue weighted by Crippen LogP contribution is -2.30. The zero-order valence-electron chi connectivity index (χ0n) is 13.7. The molecule has 0 bridgehead atoms. The highest BCUT2D eigenvalue weighted by atomic mass is 16.5. The smallest absolute Gasteiger partial charge is 0.254 e. The van der Waals surface area contributed by atoms with Crippen LogP contribution in [0.4, 0.5) is 0 Å². The number of likely N-dealkylation sites (tertiary alicyclic amines) is 1. The molecule has 2 aromatic heterocycles. The molecule has 8 heteroatoms. The van der Waals surface area contributed by atoms with Gasteiger partial charge in [0, 0.05) is 12.1 Å². The summed E-state index contributed by atoms with van der Waals surface area (Å²) in [6, 6.07) is 8.99. The van der Waals surface area contributed by atoms with Gasteiger partial charge in [0.2, 0.25) is 0 Å².